The Morgan fingerprint density at radius 2 is 1.75 bits per heavy atom. The Labute approximate surface area is 358 Å². The summed E-state index contributed by atoms with van der Waals surface area (Å²) in [5.41, 5.74) is -1.65. The monoisotopic (exact) mass is 843 g/mol. The number of nitrogens with zero attached hydrogens (tertiary/aromatic N) is 1. The van der Waals surface area contributed by atoms with Crippen LogP contribution < -0.4 is 9.47 Å². The van der Waals surface area contributed by atoms with Crippen molar-refractivity contribution in [3.05, 3.63) is 105 Å². The van der Waals surface area contributed by atoms with Crippen molar-refractivity contribution in [3.8, 4) is 11.5 Å². The van der Waals surface area contributed by atoms with Gasteiger partial charge in [-0.05, 0) is 119 Å². The Balaban J connectivity index is 1.34. The molecular formula is C49H59ClFNO8. The predicted molar refractivity (Wildman–Crippen MR) is 228 cm³/mol. The Bertz CT molecular complexity index is 2200. The van der Waals surface area contributed by atoms with Crippen molar-refractivity contribution in [1.82, 2.24) is 4.90 Å². The van der Waals surface area contributed by atoms with Gasteiger partial charge in [-0.2, -0.15) is 0 Å². The van der Waals surface area contributed by atoms with Crippen molar-refractivity contribution in [2.75, 3.05) is 20.8 Å². The molecule has 6 atom stereocenters. The molecule has 5 aliphatic rings. The zero-order valence-electron chi connectivity index (χ0n) is 36.0. The molecule has 0 spiro atoms. The highest BCUT2D eigenvalue weighted by molar-refractivity contribution is 6.31. The summed E-state index contributed by atoms with van der Waals surface area (Å²) in [6, 6.07) is 15.5. The van der Waals surface area contributed by atoms with E-state index in [0.29, 0.717) is 80.4 Å². The van der Waals surface area contributed by atoms with E-state index < -0.39 is 45.3 Å². The largest absolute Gasteiger partial charge is 0.497 e. The van der Waals surface area contributed by atoms with Crippen molar-refractivity contribution in [3.63, 3.8) is 0 Å². The fraction of sp³-hybridized carbons (Fsp3) is 0.531. The number of allylic oxidation sites excluding steroid dienone is 2. The molecule has 3 aromatic carbocycles. The van der Waals surface area contributed by atoms with E-state index in [2.05, 4.69) is 19.9 Å². The number of fused-ring (bicyclic) bond motifs is 10. The zero-order chi connectivity index (χ0) is 43.4. The van der Waals surface area contributed by atoms with Crippen LogP contribution in [0.15, 0.2) is 66.2 Å². The second-order valence-corrected chi connectivity index (χ2v) is 19.2. The number of carbonyl (C=O) groups is 3. The molecule has 3 fully saturated rings. The molecule has 4 aliphatic carbocycles. The number of aliphatic hydroxyl groups is 2. The molecule has 9 nitrogen and oxygen atoms in total. The number of carbonyl (C=O) groups excluding carboxylic acids is 3. The van der Waals surface area contributed by atoms with Crippen LogP contribution in [-0.4, -0.2) is 70.8 Å². The smallest absolute Gasteiger partial charge is 0.313 e. The highest BCUT2D eigenvalue weighted by atomic mass is 35.5. The third-order valence-electron chi connectivity index (χ3n) is 15.4. The second-order valence-electron chi connectivity index (χ2n) is 18.8. The van der Waals surface area contributed by atoms with Crippen LogP contribution in [0.4, 0.5) is 4.39 Å². The number of hydrogen-bond acceptors (Lipinski definition) is 8. The second kappa shape index (κ2) is 16.2. The van der Waals surface area contributed by atoms with Gasteiger partial charge in [0, 0.05) is 51.6 Å². The summed E-state index contributed by atoms with van der Waals surface area (Å²) in [7, 11) is 3.12. The summed E-state index contributed by atoms with van der Waals surface area (Å²) < 4.78 is 32.6. The van der Waals surface area contributed by atoms with Crippen LogP contribution in [0.1, 0.15) is 125 Å². The minimum Gasteiger partial charge on any atom is -0.497 e. The lowest BCUT2D eigenvalue weighted by molar-refractivity contribution is -0.178. The molecule has 2 saturated carbocycles. The van der Waals surface area contributed by atoms with E-state index in [0.717, 1.165) is 16.7 Å². The normalized spacial score (nSPS) is 29.6. The topological polar surface area (TPSA) is 123 Å². The predicted octanol–water partition coefficient (Wildman–Crippen LogP) is 9.11. The van der Waals surface area contributed by atoms with Crippen LogP contribution in [0.25, 0.3) is 0 Å². The number of methoxy groups -OCH3 is 2. The third kappa shape index (κ3) is 7.24. The number of ketones is 1. The van der Waals surface area contributed by atoms with E-state index >= 15 is 9.18 Å². The maximum Gasteiger partial charge on any atom is 0.313 e. The minimum atomic E-state index is -1.48. The number of hydrogen-bond donors (Lipinski definition) is 2. The van der Waals surface area contributed by atoms with Gasteiger partial charge in [-0.1, -0.05) is 62.2 Å². The lowest BCUT2D eigenvalue weighted by Crippen LogP contribution is -2.60. The molecule has 0 aromatic heterocycles. The van der Waals surface area contributed by atoms with Crippen LogP contribution in [0, 0.1) is 22.1 Å². The number of benzene rings is 3. The standard InChI is InChI=1S/C49H59ClFNO8/c1-30-10-9-20-46(4)38(35-18-14-31(24-33(53)16-13-30)25-36(35)41(54)27-37-39(50)11-8-12-40(37)51)19-21-48(46,57)29-52(28-32-15-17-34(58-6)26-42(32)59-7)43(55)49-23-22-47(5,44(56)60-49)45(49,2)3/h8,10-12,14-15,17-18,25-26,33,38,53,57H,9,13,16,19-24,27-29H2,1-7H3/t33-,38-,46-,47-,48+,49+/m0/s1. The first-order valence-corrected chi connectivity index (χ1v) is 21.6. The van der Waals surface area contributed by atoms with Gasteiger partial charge in [0.1, 0.15) is 17.3 Å². The summed E-state index contributed by atoms with van der Waals surface area (Å²) in [4.78, 5) is 45.1. The molecule has 0 unspecified atom stereocenters. The first kappa shape index (κ1) is 43.8. The van der Waals surface area contributed by atoms with E-state index in [4.69, 9.17) is 25.8 Å². The summed E-state index contributed by atoms with van der Waals surface area (Å²) in [5, 5.41) is 24.6. The number of rotatable bonds is 10. The molecule has 2 N–H and O–H groups in total. The van der Waals surface area contributed by atoms with Gasteiger partial charge in [-0.3, -0.25) is 14.4 Å². The molecule has 3 aromatic rings. The number of Topliss-reactive ketones (excluding diaryl/α,β-unsaturated/α-hetero) is 1. The van der Waals surface area contributed by atoms with Gasteiger partial charge in [-0.15, -0.1) is 0 Å². The number of esters is 1. The summed E-state index contributed by atoms with van der Waals surface area (Å²) in [5.74, 6) is -0.894. The Hall–Kier alpha value is -4.25. The summed E-state index contributed by atoms with van der Waals surface area (Å²) in [6.45, 7) is 9.82. The van der Waals surface area contributed by atoms with Crippen molar-refractivity contribution >= 4 is 29.3 Å². The average molecular weight is 844 g/mol. The lowest BCUT2D eigenvalue weighted by Gasteiger charge is -2.47. The maximum atomic E-state index is 15.4. The number of aliphatic hydroxyl groups excluding tert-OH is 1. The molecule has 1 amide bonds. The fourth-order valence-electron chi connectivity index (χ4n) is 10.9. The van der Waals surface area contributed by atoms with E-state index in [1.54, 1.807) is 37.3 Å². The van der Waals surface area contributed by atoms with E-state index in [-0.39, 0.29) is 47.7 Å². The molecule has 11 heteroatoms. The maximum absolute atomic E-state index is 15.4. The van der Waals surface area contributed by atoms with Crippen LogP contribution in [0.2, 0.25) is 5.02 Å². The van der Waals surface area contributed by atoms with Crippen LogP contribution >= 0.6 is 11.6 Å². The first-order valence-electron chi connectivity index (χ1n) is 21.2. The third-order valence-corrected chi connectivity index (χ3v) is 15.7. The van der Waals surface area contributed by atoms with Crippen LogP contribution in [0.5, 0.6) is 11.5 Å². The molecule has 1 aliphatic heterocycles. The van der Waals surface area contributed by atoms with Crippen LogP contribution in [0.3, 0.4) is 0 Å². The number of halogens is 2. The Morgan fingerprint density at radius 3 is 2.42 bits per heavy atom. The first-order chi connectivity index (χ1) is 28.3. The average Bonchev–Trinajstić information content (AvgIpc) is 3.65. The van der Waals surface area contributed by atoms with Gasteiger partial charge in [0.15, 0.2) is 11.4 Å². The molecule has 322 valence electrons. The minimum absolute atomic E-state index is 0.0598. The molecule has 4 bridgehead atoms. The lowest BCUT2D eigenvalue weighted by atomic mass is 9.64. The number of ether oxygens (including phenoxy) is 3. The van der Waals surface area contributed by atoms with Gasteiger partial charge >= 0.3 is 5.97 Å². The van der Waals surface area contributed by atoms with E-state index in [9.17, 15) is 19.8 Å². The van der Waals surface area contributed by atoms with E-state index in [1.807, 2.05) is 45.0 Å². The number of amides is 1. The Morgan fingerprint density at radius 1 is 0.983 bits per heavy atom. The van der Waals surface area contributed by atoms with Crippen LogP contribution in [-0.2, 0) is 33.7 Å². The molecule has 8 rings (SSSR count). The van der Waals surface area contributed by atoms with Gasteiger partial charge < -0.3 is 29.3 Å². The zero-order valence-corrected chi connectivity index (χ0v) is 36.7. The highest BCUT2D eigenvalue weighted by Crippen LogP contribution is 2.66. The molecule has 1 heterocycles. The quantitative estimate of drug-likeness (QED) is 0.118. The molecular weight excluding hydrogens is 785 g/mol. The summed E-state index contributed by atoms with van der Waals surface area (Å²) >= 11 is 6.44. The van der Waals surface area contributed by atoms with Gasteiger partial charge in [0.25, 0.3) is 5.91 Å². The fourth-order valence-corrected chi connectivity index (χ4v) is 11.1. The highest BCUT2D eigenvalue weighted by Gasteiger charge is 2.76. The van der Waals surface area contributed by atoms with Crippen molar-refractivity contribution in [1.29, 1.82) is 0 Å². The Kier molecular flexibility index (Phi) is 11.8. The van der Waals surface area contributed by atoms with Crippen molar-refractivity contribution in [2.24, 2.45) is 16.2 Å². The van der Waals surface area contributed by atoms with Gasteiger partial charge in [0.2, 0.25) is 0 Å². The SMILES string of the molecule is COc1ccc(CN(C[C@]2(O)CC[C@H]3c4ccc(cc4C(=O)Cc4c(F)cccc4Cl)C[C@@H](O)CCC(C)=CCC[C@@]32C)C(=O)[C@@]23CC[C@@](C)(C(=O)O2)C3(C)C)c(OC)c1. The van der Waals surface area contributed by atoms with Crippen molar-refractivity contribution < 1.29 is 43.2 Å². The van der Waals surface area contributed by atoms with Crippen molar-refractivity contribution in [2.45, 2.75) is 129 Å². The molecule has 1 saturated heterocycles. The van der Waals surface area contributed by atoms with Gasteiger partial charge in [-0.25, -0.2) is 4.39 Å². The molecule has 60 heavy (non-hydrogen) atoms. The van der Waals surface area contributed by atoms with Gasteiger partial charge in [0.05, 0.1) is 37.9 Å². The van der Waals surface area contributed by atoms with E-state index in [1.165, 1.54) is 12.1 Å². The summed E-state index contributed by atoms with van der Waals surface area (Å²) in [6.07, 6.45) is 5.63. The molecule has 0 radical (unpaired) electrons.